The van der Waals surface area contributed by atoms with E-state index in [0.717, 1.165) is 5.56 Å². The van der Waals surface area contributed by atoms with E-state index in [2.05, 4.69) is 0 Å². The van der Waals surface area contributed by atoms with Gasteiger partial charge in [-0.05, 0) is 38.5 Å². The van der Waals surface area contributed by atoms with Crippen molar-refractivity contribution in [3.05, 3.63) is 29.8 Å². The summed E-state index contributed by atoms with van der Waals surface area (Å²) in [6.07, 6.45) is 2.44. The molecule has 22 heavy (non-hydrogen) atoms. The van der Waals surface area contributed by atoms with Crippen LogP contribution in [0.15, 0.2) is 24.3 Å². The van der Waals surface area contributed by atoms with Gasteiger partial charge in [-0.25, -0.2) is 0 Å². The Morgan fingerprint density at radius 2 is 1.86 bits per heavy atom. The first kappa shape index (κ1) is 18.0. The Hall–Kier alpha value is -2.01. The summed E-state index contributed by atoms with van der Waals surface area (Å²) < 4.78 is 15.4. The van der Waals surface area contributed by atoms with Gasteiger partial charge in [0, 0.05) is 0 Å². The van der Waals surface area contributed by atoms with E-state index in [0.29, 0.717) is 11.5 Å². The highest BCUT2D eigenvalue weighted by Crippen LogP contribution is 2.28. The first-order chi connectivity index (χ1) is 10.3. The molecule has 5 nitrogen and oxygen atoms in total. The van der Waals surface area contributed by atoms with Gasteiger partial charge in [0.15, 0.2) is 11.5 Å². The summed E-state index contributed by atoms with van der Waals surface area (Å²) in [4.78, 5) is 11.6. The van der Waals surface area contributed by atoms with Gasteiger partial charge in [-0.2, -0.15) is 0 Å². The fourth-order valence-corrected chi connectivity index (χ4v) is 1.61. The highest BCUT2D eigenvalue weighted by molar-refractivity contribution is 5.75. The van der Waals surface area contributed by atoms with Crippen LogP contribution in [-0.2, 0) is 9.53 Å². The number of methoxy groups -OCH3 is 2. The van der Waals surface area contributed by atoms with Crippen LogP contribution in [0, 0.1) is 5.41 Å². The maximum atomic E-state index is 11.6. The van der Waals surface area contributed by atoms with E-state index in [1.165, 1.54) is 0 Å². The van der Waals surface area contributed by atoms with Crippen LogP contribution >= 0.6 is 0 Å². The largest absolute Gasteiger partial charge is 0.493 e. The molecule has 0 bridgehead atoms. The van der Waals surface area contributed by atoms with Gasteiger partial charge < -0.3 is 19.3 Å². The number of carbonyl (C=O) groups is 1. The Balaban J connectivity index is 2.62. The molecule has 1 aromatic carbocycles. The Morgan fingerprint density at radius 3 is 2.41 bits per heavy atom. The van der Waals surface area contributed by atoms with Gasteiger partial charge in [0.05, 0.1) is 19.6 Å². The lowest BCUT2D eigenvalue weighted by molar-refractivity contribution is -0.155. The lowest BCUT2D eigenvalue weighted by atomic mass is 9.97. The van der Waals surface area contributed by atoms with Gasteiger partial charge in [-0.15, -0.1) is 0 Å². The maximum Gasteiger partial charge on any atom is 0.311 e. The minimum Gasteiger partial charge on any atom is -0.493 e. The van der Waals surface area contributed by atoms with Gasteiger partial charge in [0.1, 0.15) is 12.7 Å². The van der Waals surface area contributed by atoms with Crippen molar-refractivity contribution in [2.75, 3.05) is 20.8 Å². The van der Waals surface area contributed by atoms with E-state index in [1.54, 1.807) is 59.3 Å². The second-order valence-corrected chi connectivity index (χ2v) is 5.89. The first-order valence-electron chi connectivity index (χ1n) is 7.03. The molecule has 0 spiro atoms. The molecule has 0 heterocycles. The highest BCUT2D eigenvalue weighted by Gasteiger charge is 2.23. The third-order valence-corrected chi connectivity index (χ3v) is 2.92. The number of aliphatic hydroxyl groups is 1. The predicted molar refractivity (Wildman–Crippen MR) is 85.0 cm³/mol. The van der Waals surface area contributed by atoms with Crippen LogP contribution in [0.3, 0.4) is 0 Å². The lowest BCUT2D eigenvalue weighted by Crippen LogP contribution is -2.26. The summed E-state index contributed by atoms with van der Waals surface area (Å²) in [6.45, 7) is 5.23. The number of hydrogen-bond donors (Lipinski definition) is 1. The molecule has 0 radical (unpaired) electrons. The Morgan fingerprint density at radius 1 is 1.23 bits per heavy atom. The molecule has 122 valence electrons. The Labute approximate surface area is 131 Å². The summed E-state index contributed by atoms with van der Waals surface area (Å²) >= 11 is 0. The standard InChI is InChI=1S/C17H24O5/c1-17(2,3)16(19)22-11-13(18)8-6-12-7-9-14(20-4)15(10-12)21-5/h6-10,13,18H,11H2,1-5H3/b8-6+. The quantitative estimate of drug-likeness (QED) is 0.819. The van der Waals surface area contributed by atoms with Crippen molar-refractivity contribution in [2.45, 2.75) is 26.9 Å². The van der Waals surface area contributed by atoms with Gasteiger partial charge >= 0.3 is 5.97 Å². The zero-order valence-electron chi connectivity index (χ0n) is 13.8. The van der Waals surface area contributed by atoms with Crippen LogP contribution in [0.25, 0.3) is 6.08 Å². The van der Waals surface area contributed by atoms with Gasteiger partial charge in [0.2, 0.25) is 0 Å². The molecule has 0 saturated heterocycles. The average molecular weight is 308 g/mol. The summed E-state index contributed by atoms with van der Waals surface area (Å²) in [7, 11) is 3.13. The third-order valence-electron chi connectivity index (χ3n) is 2.92. The number of benzene rings is 1. The molecular formula is C17H24O5. The van der Waals surface area contributed by atoms with Crippen molar-refractivity contribution in [1.82, 2.24) is 0 Å². The molecule has 1 rings (SSSR count). The molecule has 0 aliphatic carbocycles. The second kappa shape index (κ2) is 7.84. The Bertz CT molecular complexity index is 528. The van der Waals surface area contributed by atoms with Gasteiger partial charge in [-0.1, -0.05) is 18.2 Å². The smallest absolute Gasteiger partial charge is 0.311 e. The van der Waals surface area contributed by atoms with Crippen molar-refractivity contribution in [3.8, 4) is 11.5 Å². The van der Waals surface area contributed by atoms with Gasteiger partial charge in [0.25, 0.3) is 0 Å². The molecule has 1 unspecified atom stereocenters. The number of esters is 1. The highest BCUT2D eigenvalue weighted by atomic mass is 16.5. The number of hydrogen-bond acceptors (Lipinski definition) is 5. The number of ether oxygens (including phenoxy) is 3. The van der Waals surface area contributed by atoms with Crippen LogP contribution < -0.4 is 9.47 Å². The van der Waals surface area contributed by atoms with E-state index >= 15 is 0 Å². The SMILES string of the molecule is COc1ccc(/C=C/C(O)COC(=O)C(C)(C)C)cc1OC. The van der Waals surface area contributed by atoms with Crippen molar-refractivity contribution in [3.63, 3.8) is 0 Å². The van der Waals surface area contributed by atoms with Crippen LogP contribution in [-0.4, -0.2) is 38.0 Å². The van der Waals surface area contributed by atoms with Crippen LogP contribution in [0.2, 0.25) is 0 Å². The monoisotopic (exact) mass is 308 g/mol. The molecule has 0 amide bonds. The normalized spacial score (nSPS) is 13.0. The maximum absolute atomic E-state index is 11.6. The van der Waals surface area contributed by atoms with Crippen LogP contribution in [0.5, 0.6) is 11.5 Å². The summed E-state index contributed by atoms with van der Waals surface area (Å²) in [5.41, 5.74) is 0.270. The summed E-state index contributed by atoms with van der Waals surface area (Å²) in [5.74, 6) is 0.906. The van der Waals surface area contributed by atoms with E-state index in [4.69, 9.17) is 14.2 Å². The van der Waals surface area contributed by atoms with Gasteiger partial charge in [-0.3, -0.25) is 4.79 Å². The molecule has 1 atom stereocenters. The zero-order valence-corrected chi connectivity index (χ0v) is 13.8. The van der Waals surface area contributed by atoms with Crippen molar-refractivity contribution >= 4 is 12.0 Å². The lowest BCUT2D eigenvalue weighted by Gasteiger charge is -2.17. The molecule has 1 N–H and O–H groups in total. The van der Waals surface area contributed by atoms with Crippen molar-refractivity contribution in [2.24, 2.45) is 5.41 Å². The summed E-state index contributed by atoms with van der Waals surface area (Å²) in [6, 6.07) is 5.42. The molecule has 0 fully saturated rings. The van der Waals surface area contributed by atoms with E-state index < -0.39 is 11.5 Å². The number of rotatable bonds is 6. The van der Waals surface area contributed by atoms with Crippen LogP contribution in [0.1, 0.15) is 26.3 Å². The van der Waals surface area contributed by atoms with E-state index in [1.807, 2.05) is 6.07 Å². The fourth-order valence-electron chi connectivity index (χ4n) is 1.61. The molecule has 0 aliphatic rings. The van der Waals surface area contributed by atoms with E-state index in [-0.39, 0.29) is 12.6 Å². The third kappa shape index (κ3) is 5.41. The predicted octanol–water partition coefficient (Wildman–Crippen LogP) is 2.67. The Kier molecular flexibility index (Phi) is 6.43. The molecule has 1 aromatic rings. The molecule has 0 aromatic heterocycles. The van der Waals surface area contributed by atoms with Crippen molar-refractivity contribution < 1.29 is 24.1 Å². The molecule has 0 aliphatic heterocycles. The van der Waals surface area contributed by atoms with E-state index in [9.17, 15) is 9.90 Å². The second-order valence-electron chi connectivity index (χ2n) is 5.89. The zero-order chi connectivity index (χ0) is 16.8. The number of carbonyl (C=O) groups excluding carboxylic acids is 1. The minimum absolute atomic E-state index is 0.0696. The number of aliphatic hydroxyl groups excluding tert-OH is 1. The first-order valence-corrected chi connectivity index (χ1v) is 7.03. The topological polar surface area (TPSA) is 65.0 Å². The molecule has 0 saturated carbocycles. The fraction of sp³-hybridized carbons (Fsp3) is 0.471. The minimum atomic E-state index is -0.862. The molecule has 5 heteroatoms. The molecular weight excluding hydrogens is 284 g/mol. The average Bonchev–Trinajstić information content (AvgIpc) is 2.49. The van der Waals surface area contributed by atoms with Crippen molar-refractivity contribution in [1.29, 1.82) is 0 Å². The van der Waals surface area contributed by atoms with Crippen LogP contribution in [0.4, 0.5) is 0 Å². The summed E-state index contributed by atoms with van der Waals surface area (Å²) in [5, 5.41) is 9.83.